The summed E-state index contributed by atoms with van der Waals surface area (Å²) < 4.78 is 13.1. The molecule has 1 aromatic heterocycles. The van der Waals surface area contributed by atoms with Crippen molar-refractivity contribution in [2.75, 3.05) is 6.67 Å². The lowest BCUT2D eigenvalue weighted by atomic mass is 10.7. The van der Waals surface area contributed by atoms with Gasteiger partial charge in [0.2, 0.25) is 0 Å². The summed E-state index contributed by atoms with van der Waals surface area (Å²) >= 11 is 0. The Labute approximate surface area is 46.2 Å². The van der Waals surface area contributed by atoms with E-state index in [-0.39, 0.29) is 6.67 Å². The Bertz CT molecular complexity index is 137. The minimum atomic E-state index is -0.363. The van der Waals surface area contributed by atoms with Crippen LogP contribution in [-0.4, -0.2) is 21.4 Å². The first-order chi connectivity index (χ1) is 3.93. The van der Waals surface area contributed by atoms with Crippen molar-refractivity contribution in [3.05, 3.63) is 12.7 Å². The van der Waals surface area contributed by atoms with Crippen molar-refractivity contribution in [3.63, 3.8) is 0 Å². The smallest absolute Gasteiger partial charge is 0.119 e. The zero-order valence-electron chi connectivity index (χ0n) is 4.29. The summed E-state index contributed by atoms with van der Waals surface area (Å²) in [5.41, 5.74) is 0. The maximum absolute atomic E-state index is 11.5. The van der Waals surface area contributed by atoms with Crippen LogP contribution >= 0.6 is 0 Å². The van der Waals surface area contributed by atoms with E-state index in [1.807, 2.05) is 0 Å². The van der Waals surface area contributed by atoms with Gasteiger partial charge in [-0.05, 0) is 0 Å². The minimum Gasteiger partial charge on any atom is -0.318 e. The molecule has 0 aliphatic carbocycles. The molecule has 1 rings (SSSR count). The molecule has 0 atom stereocenters. The van der Waals surface area contributed by atoms with Gasteiger partial charge in [0.1, 0.15) is 19.3 Å². The molecule has 0 spiro atoms. The SMILES string of the molecule is FCCn1cnnc1. The molecule has 0 fully saturated rings. The van der Waals surface area contributed by atoms with Crippen LogP contribution in [0.1, 0.15) is 0 Å². The molecule has 0 aliphatic rings. The summed E-state index contributed by atoms with van der Waals surface area (Å²) in [4.78, 5) is 0. The maximum atomic E-state index is 11.5. The summed E-state index contributed by atoms with van der Waals surface area (Å²) in [6, 6.07) is 0. The second-order valence-corrected chi connectivity index (χ2v) is 1.39. The molecule has 0 unspecified atom stereocenters. The van der Waals surface area contributed by atoms with Gasteiger partial charge in [0.15, 0.2) is 0 Å². The molecule has 0 amide bonds. The fourth-order valence-electron chi connectivity index (χ4n) is 0.435. The van der Waals surface area contributed by atoms with Crippen molar-refractivity contribution in [1.29, 1.82) is 0 Å². The summed E-state index contributed by atoms with van der Waals surface area (Å²) in [6.45, 7) is -0.00889. The average Bonchev–Trinajstić information content (AvgIpc) is 2.19. The summed E-state index contributed by atoms with van der Waals surface area (Å²) in [5, 5.41) is 6.97. The van der Waals surface area contributed by atoms with E-state index < -0.39 is 0 Å². The number of aromatic nitrogens is 3. The first-order valence-corrected chi connectivity index (χ1v) is 2.32. The molecule has 0 saturated carbocycles. The quantitative estimate of drug-likeness (QED) is 0.553. The van der Waals surface area contributed by atoms with Crippen molar-refractivity contribution in [2.24, 2.45) is 0 Å². The Hall–Kier alpha value is -0.930. The molecule has 0 aromatic carbocycles. The third-order valence-corrected chi connectivity index (χ3v) is 0.809. The predicted octanol–water partition coefficient (Wildman–Crippen LogP) is 0.248. The normalized spacial score (nSPS) is 9.62. The Morgan fingerprint density at radius 2 is 2.00 bits per heavy atom. The van der Waals surface area contributed by atoms with Gasteiger partial charge in [0, 0.05) is 0 Å². The fraction of sp³-hybridized carbons (Fsp3) is 0.500. The van der Waals surface area contributed by atoms with Crippen LogP contribution in [0.25, 0.3) is 0 Å². The van der Waals surface area contributed by atoms with Gasteiger partial charge in [-0.2, -0.15) is 0 Å². The highest BCUT2D eigenvalue weighted by atomic mass is 19.1. The van der Waals surface area contributed by atoms with Crippen LogP contribution < -0.4 is 0 Å². The molecule has 1 aromatic rings. The van der Waals surface area contributed by atoms with Gasteiger partial charge in [0.25, 0.3) is 0 Å². The highest BCUT2D eigenvalue weighted by Crippen LogP contribution is 1.80. The van der Waals surface area contributed by atoms with Crippen LogP contribution in [0.15, 0.2) is 12.7 Å². The zero-order chi connectivity index (χ0) is 5.82. The molecular weight excluding hydrogens is 109 g/mol. The third kappa shape index (κ3) is 1.02. The van der Waals surface area contributed by atoms with Gasteiger partial charge in [0.05, 0.1) is 6.54 Å². The van der Waals surface area contributed by atoms with E-state index in [1.165, 1.54) is 12.7 Å². The van der Waals surface area contributed by atoms with E-state index >= 15 is 0 Å². The van der Waals surface area contributed by atoms with Gasteiger partial charge in [-0.1, -0.05) is 0 Å². The Morgan fingerprint density at radius 3 is 2.50 bits per heavy atom. The van der Waals surface area contributed by atoms with Crippen LogP contribution in [-0.2, 0) is 6.54 Å². The van der Waals surface area contributed by atoms with Crippen LogP contribution in [0.2, 0.25) is 0 Å². The number of hydrogen-bond donors (Lipinski definition) is 0. The van der Waals surface area contributed by atoms with E-state index in [0.29, 0.717) is 6.54 Å². The van der Waals surface area contributed by atoms with Gasteiger partial charge < -0.3 is 4.57 Å². The van der Waals surface area contributed by atoms with Gasteiger partial charge in [-0.3, -0.25) is 0 Å². The molecule has 0 radical (unpaired) electrons. The molecule has 0 bridgehead atoms. The second kappa shape index (κ2) is 2.40. The molecule has 0 N–H and O–H groups in total. The minimum absolute atomic E-state index is 0.354. The summed E-state index contributed by atoms with van der Waals surface area (Å²) in [5.74, 6) is 0. The first-order valence-electron chi connectivity index (χ1n) is 2.32. The number of rotatable bonds is 2. The highest BCUT2D eigenvalue weighted by molar-refractivity contribution is 4.58. The Kier molecular flexibility index (Phi) is 1.56. The van der Waals surface area contributed by atoms with Crippen molar-refractivity contribution >= 4 is 0 Å². The van der Waals surface area contributed by atoms with Gasteiger partial charge >= 0.3 is 0 Å². The lowest BCUT2D eigenvalue weighted by Crippen LogP contribution is -1.94. The predicted molar refractivity (Wildman–Crippen MR) is 26.0 cm³/mol. The third-order valence-electron chi connectivity index (χ3n) is 0.809. The Balaban J connectivity index is 2.50. The largest absolute Gasteiger partial charge is 0.318 e. The van der Waals surface area contributed by atoms with E-state index in [9.17, 15) is 4.39 Å². The van der Waals surface area contributed by atoms with Crippen molar-refractivity contribution in [1.82, 2.24) is 14.8 Å². The maximum Gasteiger partial charge on any atom is 0.119 e. The van der Waals surface area contributed by atoms with E-state index in [0.717, 1.165) is 0 Å². The van der Waals surface area contributed by atoms with Crippen molar-refractivity contribution < 1.29 is 4.39 Å². The molecule has 44 valence electrons. The summed E-state index contributed by atoms with van der Waals surface area (Å²) in [7, 11) is 0. The van der Waals surface area contributed by atoms with Gasteiger partial charge in [-0.15, -0.1) is 10.2 Å². The highest BCUT2D eigenvalue weighted by Gasteiger charge is 1.85. The fourth-order valence-corrected chi connectivity index (χ4v) is 0.435. The molecule has 3 nitrogen and oxygen atoms in total. The van der Waals surface area contributed by atoms with Crippen molar-refractivity contribution in [2.45, 2.75) is 6.54 Å². The number of aryl methyl sites for hydroxylation is 1. The molecular formula is C4H6FN3. The monoisotopic (exact) mass is 115 g/mol. The van der Waals surface area contributed by atoms with Crippen LogP contribution in [0.3, 0.4) is 0 Å². The molecule has 0 aliphatic heterocycles. The van der Waals surface area contributed by atoms with Gasteiger partial charge in [-0.25, -0.2) is 4.39 Å². The number of alkyl halides is 1. The molecule has 1 heterocycles. The molecule has 0 saturated heterocycles. The zero-order valence-corrected chi connectivity index (χ0v) is 4.29. The first kappa shape index (κ1) is 5.21. The number of hydrogen-bond acceptors (Lipinski definition) is 2. The van der Waals surface area contributed by atoms with E-state index in [4.69, 9.17) is 0 Å². The van der Waals surface area contributed by atoms with Crippen LogP contribution in [0, 0.1) is 0 Å². The van der Waals surface area contributed by atoms with Crippen LogP contribution in [0.5, 0.6) is 0 Å². The lowest BCUT2D eigenvalue weighted by Gasteiger charge is -1.89. The Morgan fingerprint density at radius 1 is 1.38 bits per heavy atom. The lowest BCUT2D eigenvalue weighted by molar-refractivity contribution is 0.445. The van der Waals surface area contributed by atoms with Crippen LogP contribution in [0.4, 0.5) is 4.39 Å². The van der Waals surface area contributed by atoms with Crippen molar-refractivity contribution in [3.8, 4) is 0 Å². The molecule has 4 heteroatoms. The average molecular weight is 115 g/mol. The number of nitrogens with zero attached hydrogens (tertiary/aromatic N) is 3. The van der Waals surface area contributed by atoms with E-state index in [1.54, 1.807) is 4.57 Å². The molecule has 8 heavy (non-hydrogen) atoms. The summed E-state index contributed by atoms with van der Waals surface area (Å²) in [6.07, 6.45) is 2.97. The topological polar surface area (TPSA) is 30.7 Å². The second-order valence-electron chi connectivity index (χ2n) is 1.39. The van der Waals surface area contributed by atoms with E-state index in [2.05, 4.69) is 10.2 Å². The number of halogens is 1. The standard InChI is InChI=1S/C4H6FN3/c5-1-2-8-3-6-7-4-8/h3-4H,1-2H2.